The van der Waals surface area contributed by atoms with Crippen LogP contribution in [0.3, 0.4) is 0 Å². The summed E-state index contributed by atoms with van der Waals surface area (Å²) in [4.78, 5) is 2.40. The Bertz CT molecular complexity index is 3540. The Morgan fingerprint density at radius 3 is 1.54 bits per heavy atom. The zero-order chi connectivity index (χ0) is 41.5. The molecule has 0 N–H and O–H groups in total. The average Bonchev–Trinajstić information content (AvgIpc) is 3.65. The zero-order valence-electron chi connectivity index (χ0n) is 34.4. The highest BCUT2D eigenvalue weighted by atomic mass is 16.5. The minimum Gasteiger partial charge on any atom is -0.455 e. The molecule has 0 bridgehead atoms. The van der Waals surface area contributed by atoms with Crippen molar-refractivity contribution < 1.29 is 4.74 Å². The highest BCUT2D eigenvalue weighted by Crippen LogP contribution is 2.65. The van der Waals surface area contributed by atoms with Gasteiger partial charge in [-0.25, -0.2) is 0 Å². The summed E-state index contributed by atoms with van der Waals surface area (Å²) < 4.78 is 7.22. The topological polar surface area (TPSA) is 12.5 Å². The standard InChI is InChI=1S/C61H39NO/c1-2-15-40(16-3-1)45-21-12-23-47(37-45)62(49-34-31-41-17-4-5-20-44(41)38-49)48-24-13-22-46(39-48)50-28-14-30-55-58(50)53-27-10-11-29-54(53)61(55)56-35-32-42-18-6-8-25-51(42)59(56)63-60-52-26-9-7-19-43(52)33-36-57(60)61/h1-39H. The van der Waals surface area contributed by atoms with Gasteiger partial charge in [-0.05, 0) is 102 Å². The smallest absolute Gasteiger partial charge is 0.140 e. The van der Waals surface area contributed by atoms with Crippen LogP contribution in [-0.2, 0) is 5.41 Å². The third kappa shape index (κ3) is 5.32. The maximum atomic E-state index is 7.22. The number of fused-ring (bicyclic) bond motifs is 14. The van der Waals surface area contributed by atoms with E-state index in [4.69, 9.17) is 4.74 Å². The molecule has 1 aliphatic carbocycles. The maximum Gasteiger partial charge on any atom is 0.140 e. The molecule has 1 heterocycles. The molecular weight excluding hydrogens is 763 g/mol. The van der Waals surface area contributed by atoms with Gasteiger partial charge in [0.25, 0.3) is 0 Å². The van der Waals surface area contributed by atoms with Gasteiger partial charge in [-0.2, -0.15) is 0 Å². The molecule has 0 amide bonds. The van der Waals surface area contributed by atoms with Crippen molar-refractivity contribution in [1.82, 2.24) is 0 Å². The van der Waals surface area contributed by atoms with Crippen LogP contribution in [0.2, 0.25) is 0 Å². The van der Waals surface area contributed by atoms with Crippen molar-refractivity contribution in [3.63, 3.8) is 0 Å². The Morgan fingerprint density at radius 1 is 0.302 bits per heavy atom. The molecule has 63 heavy (non-hydrogen) atoms. The number of ether oxygens (including phenoxy) is 1. The number of benzene rings is 11. The van der Waals surface area contributed by atoms with Gasteiger partial charge in [-0.15, -0.1) is 0 Å². The molecule has 0 radical (unpaired) electrons. The van der Waals surface area contributed by atoms with Crippen LogP contribution in [0.15, 0.2) is 237 Å². The summed E-state index contributed by atoms with van der Waals surface area (Å²) >= 11 is 0. The fraction of sp³-hybridized carbons (Fsp3) is 0.0164. The van der Waals surface area contributed by atoms with Crippen LogP contribution >= 0.6 is 0 Å². The number of nitrogens with zero attached hydrogens (tertiary/aromatic N) is 1. The van der Waals surface area contributed by atoms with E-state index in [1.165, 1.54) is 60.8 Å². The molecule has 13 rings (SSSR count). The largest absolute Gasteiger partial charge is 0.455 e. The van der Waals surface area contributed by atoms with E-state index in [2.05, 4.69) is 241 Å². The van der Waals surface area contributed by atoms with Crippen LogP contribution in [0.5, 0.6) is 11.5 Å². The van der Waals surface area contributed by atoms with Crippen molar-refractivity contribution in [2.75, 3.05) is 4.90 Å². The van der Waals surface area contributed by atoms with Gasteiger partial charge in [-0.1, -0.05) is 200 Å². The summed E-state index contributed by atoms with van der Waals surface area (Å²) in [7, 11) is 0. The molecule has 0 unspecified atom stereocenters. The molecule has 11 aromatic carbocycles. The van der Waals surface area contributed by atoms with E-state index in [0.717, 1.165) is 55.7 Å². The molecule has 2 heteroatoms. The van der Waals surface area contributed by atoms with Crippen molar-refractivity contribution >= 4 is 49.4 Å². The Kier molecular flexibility index (Phi) is 7.85. The number of hydrogen-bond donors (Lipinski definition) is 0. The molecule has 1 aliphatic heterocycles. The number of anilines is 3. The van der Waals surface area contributed by atoms with Crippen LogP contribution in [0.1, 0.15) is 22.3 Å². The molecule has 2 nitrogen and oxygen atoms in total. The lowest BCUT2D eigenvalue weighted by atomic mass is 9.65. The van der Waals surface area contributed by atoms with Crippen LogP contribution in [0.25, 0.3) is 65.7 Å². The molecule has 0 fully saturated rings. The Hall–Kier alpha value is -8.20. The Balaban J connectivity index is 1.05. The molecule has 0 saturated heterocycles. The van der Waals surface area contributed by atoms with Gasteiger partial charge >= 0.3 is 0 Å². The van der Waals surface area contributed by atoms with Crippen molar-refractivity contribution in [3.05, 3.63) is 259 Å². The van der Waals surface area contributed by atoms with E-state index < -0.39 is 5.41 Å². The number of hydrogen-bond acceptors (Lipinski definition) is 2. The fourth-order valence-electron chi connectivity index (χ4n) is 10.7. The zero-order valence-corrected chi connectivity index (χ0v) is 34.4. The molecule has 0 aromatic heterocycles. The van der Waals surface area contributed by atoms with Crippen molar-refractivity contribution in [1.29, 1.82) is 0 Å². The van der Waals surface area contributed by atoms with Gasteiger partial charge in [0.1, 0.15) is 11.5 Å². The number of rotatable bonds is 5. The highest BCUT2D eigenvalue weighted by Gasteiger charge is 2.52. The van der Waals surface area contributed by atoms with E-state index in [9.17, 15) is 0 Å². The van der Waals surface area contributed by atoms with E-state index in [0.29, 0.717) is 0 Å². The van der Waals surface area contributed by atoms with Gasteiger partial charge in [0.2, 0.25) is 0 Å². The molecule has 2 aliphatic rings. The second kappa shape index (κ2) is 13.9. The van der Waals surface area contributed by atoms with E-state index in [-0.39, 0.29) is 0 Å². The molecule has 0 saturated carbocycles. The third-order valence-corrected chi connectivity index (χ3v) is 13.5. The Morgan fingerprint density at radius 2 is 0.810 bits per heavy atom. The summed E-state index contributed by atoms with van der Waals surface area (Å²) in [5.74, 6) is 1.85. The minimum absolute atomic E-state index is 0.620. The van der Waals surface area contributed by atoms with Crippen molar-refractivity contribution in [3.8, 4) is 44.9 Å². The molecule has 11 aromatic rings. The predicted molar refractivity (Wildman–Crippen MR) is 262 cm³/mol. The van der Waals surface area contributed by atoms with E-state index in [1.807, 2.05) is 0 Å². The van der Waals surface area contributed by atoms with E-state index in [1.54, 1.807) is 0 Å². The van der Waals surface area contributed by atoms with Gasteiger partial charge < -0.3 is 9.64 Å². The van der Waals surface area contributed by atoms with Crippen LogP contribution < -0.4 is 9.64 Å². The van der Waals surface area contributed by atoms with Crippen molar-refractivity contribution in [2.24, 2.45) is 0 Å². The minimum atomic E-state index is -0.620. The van der Waals surface area contributed by atoms with Crippen LogP contribution in [0.4, 0.5) is 17.1 Å². The van der Waals surface area contributed by atoms with Crippen LogP contribution in [-0.4, -0.2) is 0 Å². The monoisotopic (exact) mass is 801 g/mol. The van der Waals surface area contributed by atoms with Gasteiger partial charge in [0, 0.05) is 39.0 Å². The quantitative estimate of drug-likeness (QED) is 0.172. The molecular formula is C61H39NO. The second-order valence-corrected chi connectivity index (χ2v) is 16.8. The first-order chi connectivity index (χ1) is 31.2. The Labute approximate surface area is 366 Å². The first-order valence-electron chi connectivity index (χ1n) is 21.7. The third-order valence-electron chi connectivity index (χ3n) is 13.5. The van der Waals surface area contributed by atoms with Gasteiger partial charge in [-0.3, -0.25) is 0 Å². The fourth-order valence-corrected chi connectivity index (χ4v) is 10.7. The average molecular weight is 802 g/mol. The summed E-state index contributed by atoms with van der Waals surface area (Å²) in [5, 5.41) is 6.99. The molecule has 1 spiro atoms. The van der Waals surface area contributed by atoms with Gasteiger partial charge in [0.05, 0.1) is 5.41 Å². The molecule has 294 valence electrons. The van der Waals surface area contributed by atoms with E-state index >= 15 is 0 Å². The summed E-state index contributed by atoms with van der Waals surface area (Å²) in [5.41, 5.74) is 14.8. The van der Waals surface area contributed by atoms with Crippen LogP contribution in [0, 0.1) is 0 Å². The predicted octanol–water partition coefficient (Wildman–Crippen LogP) is 16.4. The first-order valence-corrected chi connectivity index (χ1v) is 21.7. The maximum absolute atomic E-state index is 7.22. The summed E-state index contributed by atoms with van der Waals surface area (Å²) in [6, 6.07) is 86.5. The SMILES string of the molecule is c1ccc(-c2cccc(N(c3cccc(-c4cccc5c4-c4ccccc4C54c5ccc6ccccc6c5Oc5c4ccc4ccccc54)c3)c3ccc4ccccc4c3)c2)cc1. The normalized spacial score (nSPS) is 13.0. The van der Waals surface area contributed by atoms with Crippen molar-refractivity contribution in [2.45, 2.75) is 5.41 Å². The highest BCUT2D eigenvalue weighted by molar-refractivity contribution is 6.02. The van der Waals surface area contributed by atoms with Gasteiger partial charge in [0.15, 0.2) is 0 Å². The summed E-state index contributed by atoms with van der Waals surface area (Å²) in [6.07, 6.45) is 0. The first kappa shape index (κ1) is 35.5. The molecule has 0 atom stereocenters. The lowest BCUT2D eigenvalue weighted by molar-refractivity contribution is 0.447. The summed E-state index contributed by atoms with van der Waals surface area (Å²) in [6.45, 7) is 0. The lowest BCUT2D eigenvalue weighted by Gasteiger charge is -2.40. The second-order valence-electron chi connectivity index (χ2n) is 16.8. The lowest BCUT2D eigenvalue weighted by Crippen LogP contribution is -2.32.